The number of fused-ring (bicyclic) bond motifs is 1. The van der Waals surface area contributed by atoms with Gasteiger partial charge in [0.2, 0.25) is 11.8 Å². The molecule has 0 bridgehead atoms. The SMILES string of the molecule is CC(C)Cn1c(=O)c(C(=O)NC2CC2)c(O)n2ncc(C=CC(=O)N3CCN(CC(F)(F)F)CC3)c12. The topological polar surface area (TPSA) is 112 Å². The molecule has 0 radical (unpaired) electrons. The highest BCUT2D eigenvalue weighted by Crippen LogP contribution is 2.24. The highest BCUT2D eigenvalue weighted by atomic mass is 19.4. The van der Waals surface area contributed by atoms with Crippen LogP contribution < -0.4 is 10.9 Å². The zero-order valence-electron chi connectivity index (χ0n) is 20.1. The van der Waals surface area contributed by atoms with Crippen LogP contribution in [0.15, 0.2) is 17.1 Å². The third kappa shape index (κ3) is 5.72. The summed E-state index contributed by atoms with van der Waals surface area (Å²) in [6.45, 7) is 3.57. The van der Waals surface area contributed by atoms with Crippen LogP contribution in [0, 0.1) is 5.92 Å². The molecule has 36 heavy (non-hydrogen) atoms. The molecule has 2 aromatic heterocycles. The first kappa shape index (κ1) is 25.7. The summed E-state index contributed by atoms with van der Waals surface area (Å²) in [5.74, 6) is -1.60. The van der Waals surface area contributed by atoms with Crippen LogP contribution in [0.5, 0.6) is 5.88 Å². The molecule has 10 nitrogen and oxygen atoms in total. The average Bonchev–Trinajstić information content (AvgIpc) is 3.49. The lowest BCUT2D eigenvalue weighted by Gasteiger charge is -2.34. The Balaban J connectivity index is 1.59. The molecule has 3 heterocycles. The molecule has 1 aliphatic heterocycles. The van der Waals surface area contributed by atoms with E-state index in [1.54, 1.807) is 0 Å². The summed E-state index contributed by atoms with van der Waals surface area (Å²) in [6.07, 6.45) is 1.44. The number of alkyl halides is 3. The number of carbonyl (C=O) groups excluding carboxylic acids is 2. The molecule has 2 N–H and O–H groups in total. The second kappa shape index (κ2) is 9.96. The number of carbonyl (C=O) groups is 2. The van der Waals surface area contributed by atoms with Gasteiger partial charge in [0.25, 0.3) is 11.5 Å². The maximum absolute atomic E-state index is 13.3. The molecule has 1 aliphatic carbocycles. The highest BCUT2D eigenvalue weighted by molar-refractivity contribution is 5.97. The van der Waals surface area contributed by atoms with Gasteiger partial charge in [-0.3, -0.25) is 23.9 Å². The normalized spacial score (nSPS) is 17.4. The van der Waals surface area contributed by atoms with Crippen LogP contribution in [-0.4, -0.2) is 85.8 Å². The highest BCUT2D eigenvalue weighted by Gasteiger charge is 2.33. The summed E-state index contributed by atoms with van der Waals surface area (Å²) in [5.41, 5.74) is -0.440. The number of aromatic nitrogens is 3. The van der Waals surface area contributed by atoms with E-state index in [1.165, 1.54) is 32.7 Å². The largest absolute Gasteiger partial charge is 0.492 e. The zero-order valence-corrected chi connectivity index (χ0v) is 20.1. The minimum absolute atomic E-state index is 0.0111. The number of hydrogen-bond donors (Lipinski definition) is 2. The number of nitrogens with one attached hydrogen (secondary N) is 1. The van der Waals surface area contributed by atoms with E-state index in [9.17, 15) is 32.7 Å². The van der Waals surface area contributed by atoms with Crippen LogP contribution in [0.4, 0.5) is 13.2 Å². The molecular formula is C23H29F3N6O4. The summed E-state index contributed by atoms with van der Waals surface area (Å²) in [5, 5.41) is 17.6. The van der Waals surface area contributed by atoms with Gasteiger partial charge >= 0.3 is 6.18 Å². The lowest BCUT2D eigenvalue weighted by molar-refractivity contribution is -0.150. The number of nitrogens with zero attached hydrogens (tertiary/aromatic N) is 5. The Morgan fingerprint density at radius 2 is 1.89 bits per heavy atom. The minimum atomic E-state index is -4.29. The van der Waals surface area contributed by atoms with Gasteiger partial charge in [0.15, 0.2) is 5.56 Å². The molecule has 2 aromatic rings. The van der Waals surface area contributed by atoms with E-state index in [0.29, 0.717) is 5.56 Å². The van der Waals surface area contributed by atoms with Gasteiger partial charge in [0, 0.05) is 50.4 Å². The van der Waals surface area contributed by atoms with Crippen molar-refractivity contribution >= 4 is 23.5 Å². The Hall–Kier alpha value is -3.35. The van der Waals surface area contributed by atoms with E-state index in [4.69, 9.17) is 0 Å². The second-order valence-electron chi connectivity index (χ2n) is 9.64. The lowest BCUT2D eigenvalue weighted by Crippen LogP contribution is -2.50. The summed E-state index contributed by atoms with van der Waals surface area (Å²) < 4.78 is 40.2. The Labute approximate surface area is 205 Å². The number of aromatic hydroxyl groups is 1. The monoisotopic (exact) mass is 510 g/mol. The molecule has 1 saturated carbocycles. The number of halogens is 3. The lowest BCUT2D eigenvalue weighted by atomic mass is 10.2. The van der Waals surface area contributed by atoms with E-state index in [1.807, 2.05) is 13.8 Å². The predicted octanol–water partition coefficient (Wildman–Crippen LogP) is 1.47. The molecule has 13 heteroatoms. The van der Waals surface area contributed by atoms with E-state index in [-0.39, 0.29) is 61.8 Å². The number of amides is 2. The molecule has 0 atom stereocenters. The standard InChI is InChI=1S/C23H29F3N6O4/c1-14(2)12-31-20-15(3-6-17(33)30-9-7-29(8-10-30)13-23(24,25)26)11-27-32(20)22(36)18(21(31)35)19(34)28-16-4-5-16/h3,6,11,14,16,36H,4-5,7-10,12-13H2,1-2H3,(H,28,34). The van der Waals surface area contributed by atoms with Crippen molar-refractivity contribution in [2.45, 2.75) is 45.5 Å². The van der Waals surface area contributed by atoms with Crippen molar-refractivity contribution < 1.29 is 27.9 Å². The first-order chi connectivity index (χ1) is 16.9. The summed E-state index contributed by atoms with van der Waals surface area (Å²) in [7, 11) is 0. The van der Waals surface area contributed by atoms with Crippen molar-refractivity contribution in [3.05, 3.63) is 33.8 Å². The second-order valence-corrected chi connectivity index (χ2v) is 9.64. The Kier molecular flexibility index (Phi) is 7.12. The van der Waals surface area contributed by atoms with Crippen LogP contribution in [-0.2, 0) is 11.3 Å². The molecule has 2 fully saturated rings. The Bertz CT molecular complexity index is 1240. The third-order valence-electron chi connectivity index (χ3n) is 6.09. The first-order valence-electron chi connectivity index (χ1n) is 11.8. The molecule has 4 rings (SSSR count). The van der Waals surface area contributed by atoms with E-state index < -0.39 is 30.1 Å². The van der Waals surface area contributed by atoms with Crippen LogP contribution in [0.25, 0.3) is 11.7 Å². The van der Waals surface area contributed by atoms with E-state index >= 15 is 0 Å². The van der Waals surface area contributed by atoms with Gasteiger partial charge in [-0.15, -0.1) is 0 Å². The maximum atomic E-state index is 13.3. The zero-order chi connectivity index (χ0) is 26.2. The number of hydrogen-bond acceptors (Lipinski definition) is 6. The minimum Gasteiger partial charge on any atom is -0.492 e. The van der Waals surface area contributed by atoms with E-state index in [0.717, 1.165) is 17.4 Å². The third-order valence-corrected chi connectivity index (χ3v) is 6.09. The van der Waals surface area contributed by atoms with Crippen molar-refractivity contribution in [2.75, 3.05) is 32.7 Å². The van der Waals surface area contributed by atoms with Gasteiger partial charge in [-0.25, -0.2) is 0 Å². The van der Waals surface area contributed by atoms with Crippen LogP contribution >= 0.6 is 0 Å². The van der Waals surface area contributed by atoms with Gasteiger partial charge in [-0.1, -0.05) is 13.8 Å². The molecule has 0 spiro atoms. The van der Waals surface area contributed by atoms with Gasteiger partial charge in [-0.05, 0) is 24.8 Å². The van der Waals surface area contributed by atoms with Gasteiger partial charge in [-0.2, -0.15) is 22.8 Å². The summed E-state index contributed by atoms with van der Waals surface area (Å²) in [4.78, 5) is 41.3. The number of rotatable bonds is 7. The molecular weight excluding hydrogens is 481 g/mol. The molecule has 2 amide bonds. The fourth-order valence-corrected chi connectivity index (χ4v) is 4.19. The van der Waals surface area contributed by atoms with Crippen molar-refractivity contribution in [3.8, 4) is 5.88 Å². The van der Waals surface area contributed by atoms with Crippen molar-refractivity contribution in [3.63, 3.8) is 0 Å². The Morgan fingerprint density at radius 1 is 1.22 bits per heavy atom. The smallest absolute Gasteiger partial charge is 0.401 e. The molecule has 0 unspecified atom stereocenters. The molecule has 196 valence electrons. The van der Waals surface area contributed by atoms with E-state index in [2.05, 4.69) is 10.4 Å². The predicted molar refractivity (Wildman–Crippen MR) is 125 cm³/mol. The van der Waals surface area contributed by atoms with Crippen LogP contribution in [0.1, 0.15) is 42.6 Å². The van der Waals surface area contributed by atoms with Gasteiger partial charge in [0.05, 0.1) is 12.7 Å². The van der Waals surface area contributed by atoms with Crippen molar-refractivity contribution in [1.29, 1.82) is 0 Å². The Morgan fingerprint density at radius 3 is 2.47 bits per heavy atom. The molecule has 0 aromatic carbocycles. The number of piperazine rings is 1. The fourth-order valence-electron chi connectivity index (χ4n) is 4.19. The maximum Gasteiger partial charge on any atom is 0.401 e. The van der Waals surface area contributed by atoms with Gasteiger partial charge < -0.3 is 15.3 Å². The summed E-state index contributed by atoms with van der Waals surface area (Å²) >= 11 is 0. The van der Waals surface area contributed by atoms with Crippen molar-refractivity contribution in [1.82, 2.24) is 29.3 Å². The summed E-state index contributed by atoms with van der Waals surface area (Å²) in [6, 6.07) is -0.0111. The van der Waals surface area contributed by atoms with Gasteiger partial charge in [0.1, 0.15) is 5.65 Å². The first-order valence-corrected chi connectivity index (χ1v) is 11.8. The molecule has 1 saturated heterocycles. The average molecular weight is 511 g/mol. The quantitative estimate of drug-likeness (QED) is 0.546. The van der Waals surface area contributed by atoms with Crippen molar-refractivity contribution in [2.24, 2.45) is 5.92 Å². The fraction of sp³-hybridized carbons (Fsp3) is 0.565. The van der Waals surface area contributed by atoms with Crippen LogP contribution in [0.2, 0.25) is 0 Å². The van der Waals surface area contributed by atoms with Crippen LogP contribution in [0.3, 0.4) is 0 Å². The molecule has 2 aliphatic rings.